The minimum absolute atomic E-state index is 0.0959. The molecular formula is C22H24Cl2N4O2S. The number of aromatic nitrogens is 3. The maximum absolute atomic E-state index is 12.4. The third kappa shape index (κ3) is 5.93. The highest BCUT2D eigenvalue weighted by atomic mass is 35.5. The van der Waals surface area contributed by atoms with Crippen LogP contribution in [0.2, 0.25) is 10.0 Å². The van der Waals surface area contributed by atoms with Gasteiger partial charge in [0.1, 0.15) is 5.75 Å². The van der Waals surface area contributed by atoms with Gasteiger partial charge in [-0.05, 0) is 57.5 Å². The van der Waals surface area contributed by atoms with E-state index in [0.717, 1.165) is 16.8 Å². The van der Waals surface area contributed by atoms with Crippen LogP contribution >= 0.6 is 35.0 Å². The molecule has 3 aromatic rings. The Hall–Kier alpha value is -2.22. The first kappa shape index (κ1) is 23.4. The van der Waals surface area contributed by atoms with Crippen molar-refractivity contribution in [2.45, 2.75) is 45.5 Å². The van der Waals surface area contributed by atoms with Crippen molar-refractivity contribution in [1.82, 2.24) is 14.8 Å². The Balaban J connectivity index is 1.65. The van der Waals surface area contributed by atoms with Gasteiger partial charge in [-0.1, -0.05) is 52.7 Å². The van der Waals surface area contributed by atoms with Crippen LogP contribution in [-0.4, -0.2) is 26.4 Å². The molecule has 0 aliphatic carbocycles. The summed E-state index contributed by atoms with van der Waals surface area (Å²) in [6.45, 7) is 8.52. The molecule has 164 valence electrons. The van der Waals surface area contributed by atoms with Gasteiger partial charge >= 0.3 is 0 Å². The first-order valence-electron chi connectivity index (χ1n) is 9.83. The first-order chi connectivity index (χ1) is 14.8. The highest BCUT2D eigenvalue weighted by molar-refractivity contribution is 7.99. The Morgan fingerprint density at radius 2 is 1.97 bits per heavy atom. The van der Waals surface area contributed by atoms with Gasteiger partial charge in [0, 0.05) is 17.3 Å². The van der Waals surface area contributed by atoms with Crippen molar-refractivity contribution in [3.8, 4) is 5.75 Å². The van der Waals surface area contributed by atoms with Crippen molar-refractivity contribution in [2.24, 2.45) is 0 Å². The Bertz CT molecular complexity index is 1090. The monoisotopic (exact) mass is 478 g/mol. The molecule has 1 N–H and O–H groups in total. The van der Waals surface area contributed by atoms with Crippen LogP contribution in [-0.2, 0) is 11.3 Å². The number of aryl methyl sites for hydroxylation is 2. The second kappa shape index (κ2) is 10.4. The fourth-order valence-electron chi connectivity index (χ4n) is 3.09. The van der Waals surface area contributed by atoms with E-state index in [9.17, 15) is 4.79 Å². The molecule has 0 bridgehead atoms. The Kier molecular flexibility index (Phi) is 7.86. The lowest BCUT2D eigenvalue weighted by molar-refractivity contribution is -0.113. The number of nitrogens with one attached hydrogen (secondary N) is 1. The van der Waals surface area contributed by atoms with E-state index in [2.05, 4.69) is 15.5 Å². The van der Waals surface area contributed by atoms with Gasteiger partial charge in [-0.15, -0.1) is 10.2 Å². The highest BCUT2D eigenvalue weighted by Gasteiger charge is 2.20. The van der Waals surface area contributed by atoms with E-state index in [4.69, 9.17) is 27.9 Å². The number of anilines is 1. The Labute approximate surface area is 196 Å². The summed E-state index contributed by atoms with van der Waals surface area (Å²) in [7, 11) is 0. The molecule has 0 spiro atoms. The summed E-state index contributed by atoms with van der Waals surface area (Å²) in [4.78, 5) is 12.4. The molecule has 1 atom stereocenters. The molecule has 1 unspecified atom stereocenters. The van der Waals surface area contributed by atoms with Gasteiger partial charge in [0.05, 0.1) is 10.8 Å². The minimum atomic E-state index is -0.385. The maximum Gasteiger partial charge on any atom is 0.234 e. The number of benzene rings is 2. The molecule has 2 aromatic carbocycles. The predicted octanol–water partition coefficient (Wildman–Crippen LogP) is 6.09. The summed E-state index contributed by atoms with van der Waals surface area (Å²) in [5, 5.41) is 13.1. The van der Waals surface area contributed by atoms with Crippen molar-refractivity contribution in [3.63, 3.8) is 0 Å². The van der Waals surface area contributed by atoms with Gasteiger partial charge in [-0.3, -0.25) is 4.79 Å². The van der Waals surface area contributed by atoms with Crippen LogP contribution < -0.4 is 10.1 Å². The van der Waals surface area contributed by atoms with E-state index in [1.54, 1.807) is 18.2 Å². The third-order valence-corrected chi connectivity index (χ3v) is 6.11. The Morgan fingerprint density at radius 1 is 1.19 bits per heavy atom. The van der Waals surface area contributed by atoms with E-state index in [1.165, 1.54) is 11.8 Å². The molecule has 9 heteroatoms. The van der Waals surface area contributed by atoms with Crippen molar-refractivity contribution in [1.29, 1.82) is 0 Å². The second-order valence-corrected chi connectivity index (χ2v) is 8.86. The molecule has 31 heavy (non-hydrogen) atoms. The fraction of sp³-hybridized carbons (Fsp3) is 0.318. The van der Waals surface area contributed by atoms with Crippen LogP contribution in [0.15, 0.2) is 41.6 Å². The number of amides is 1. The zero-order chi connectivity index (χ0) is 22.5. The third-order valence-electron chi connectivity index (χ3n) is 4.61. The zero-order valence-electron chi connectivity index (χ0n) is 17.8. The first-order valence-corrected chi connectivity index (χ1v) is 11.6. The summed E-state index contributed by atoms with van der Waals surface area (Å²) < 4.78 is 7.90. The molecule has 1 aromatic heterocycles. The fourth-order valence-corrected chi connectivity index (χ4v) is 4.35. The quantitative estimate of drug-likeness (QED) is 0.396. The molecule has 0 fully saturated rings. The topological polar surface area (TPSA) is 69.0 Å². The Morgan fingerprint density at radius 3 is 2.65 bits per heavy atom. The lowest BCUT2D eigenvalue weighted by Crippen LogP contribution is -2.16. The van der Waals surface area contributed by atoms with Crippen LogP contribution in [0.3, 0.4) is 0 Å². The van der Waals surface area contributed by atoms with Crippen molar-refractivity contribution >= 4 is 46.6 Å². The van der Waals surface area contributed by atoms with Crippen LogP contribution in [0, 0.1) is 13.8 Å². The van der Waals surface area contributed by atoms with E-state index < -0.39 is 0 Å². The zero-order valence-corrected chi connectivity index (χ0v) is 20.1. The van der Waals surface area contributed by atoms with Gasteiger partial charge in [-0.25, -0.2) is 0 Å². The van der Waals surface area contributed by atoms with E-state index in [-0.39, 0.29) is 17.8 Å². The number of carbonyl (C=O) groups excluding carboxylic acids is 1. The van der Waals surface area contributed by atoms with Crippen molar-refractivity contribution in [2.75, 3.05) is 11.1 Å². The lowest BCUT2D eigenvalue weighted by Gasteiger charge is -2.16. The van der Waals surface area contributed by atoms with Gasteiger partial charge < -0.3 is 14.6 Å². The summed E-state index contributed by atoms with van der Waals surface area (Å²) >= 11 is 13.5. The lowest BCUT2D eigenvalue weighted by atomic mass is 10.1. The average molecular weight is 479 g/mol. The molecule has 0 saturated heterocycles. The summed E-state index contributed by atoms with van der Waals surface area (Å²) in [5.74, 6) is 1.31. The highest BCUT2D eigenvalue weighted by Crippen LogP contribution is 2.31. The van der Waals surface area contributed by atoms with E-state index in [1.807, 2.05) is 50.5 Å². The van der Waals surface area contributed by atoms with Gasteiger partial charge in [-0.2, -0.15) is 0 Å². The van der Waals surface area contributed by atoms with Crippen LogP contribution in [0.1, 0.15) is 36.9 Å². The van der Waals surface area contributed by atoms with Crippen LogP contribution in [0.4, 0.5) is 5.69 Å². The average Bonchev–Trinajstić information content (AvgIpc) is 3.13. The van der Waals surface area contributed by atoms with Crippen LogP contribution in [0.5, 0.6) is 5.75 Å². The number of hydrogen-bond donors (Lipinski definition) is 1. The number of carbonyl (C=O) groups is 1. The minimum Gasteiger partial charge on any atom is -0.481 e. The number of nitrogens with zero attached hydrogens (tertiary/aromatic N) is 3. The number of rotatable bonds is 8. The summed E-state index contributed by atoms with van der Waals surface area (Å²) in [6.07, 6.45) is -0.385. The molecule has 0 aliphatic heterocycles. The molecule has 1 amide bonds. The number of thioether (sulfide) groups is 1. The number of hydrogen-bond acceptors (Lipinski definition) is 5. The molecule has 0 aliphatic rings. The van der Waals surface area contributed by atoms with Gasteiger partial charge in [0.25, 0.3) is 0 Å². The van der Waals surface area contributed by atoms with Gasteiger partial charge in [0.2, 0.25) is 5.91 Å². The normalized spacial score (nSPS) is 11.9. The van der Waals surface area contributed by atoms with E-state index >= 15 is 0 Å². The molecule has 6 nitrogen and oxygen atoms in total. The number of halogens is 2. The second-order valence-electron chi connectivity index (χ2n) is 7.08. The molecule has 3 rings (SSSR count). The molecular weight excluding hydrogens is 455 g/mol. The summed E-state index contributed by atoms with van der Waals surface area (Å²) in [5.41, 5.74) is 3.00. The smallest absolute Gasteiger partial charge is 0.234 e. The van der Waals surface area contributed by atoms with Crippen molar-refractivity contribution < 1.29 is 9.53 Å². The van der Waals surface area contributed by atoms with Crippen LogP contribution in [0.25, 0.3) is 0 Å². The van der Waals surface area contributed by atoms with E-state index in [0.29, 0.717) is 33.3 Å². The van der Waals surface area contributed by atoms with Gasteiger partial charge in [0.15, 0.2) is 17.1 Å². The molecule has 1 heterocycles. The maximum atomic E-state index is 12.4. The predicted molar refractivity (Wildman–Crippen MR) is 126 cm³/mol. The molecule has 0 radical (unpaired) electrons. The standard InChI is InChI=1S/C22H24Cl2N4O2S/c1-5-28-21(15(4)30-19-9-7-16(23)11-17(19)24)26-27-22(28)31-12-20(29)25-18-8-6-13(2)10-14(18)3/h6-11,15H,5,12H2,1-4H3,(H,25,29). The summed E-state index contributed by atoms with van der Waals surface area (Å²) in [6, 6.07) is 11.0. The molecule has 0 saturated carbocycles. The van der Waals surface area contributed by atoms with Crippen molar-refractivity contribution in [3.05, 3.63) is 63.4 Å². The number of ether oxygens (including phenoxy) is 1. The SMILES string of the molecule is CCn1c(SCC(=O)Nc2ccc(C)cc2C)nnc1C(C)Oc1ccc(Cl)cc1Cl. The largest absolute Gasteiger partial charge is 0.481 e.